The van der Waals surface area contributed by atoms with E-state index in [1.807, 2.05) is 42.1 Å². The normalized spacial score (nSPS) is 20.4. The fourth-order valence-electron chi connectivity index (χ4n) is 5.36. The summed E-state index contributed by atoms with van der Waals surface area (Å²) in [6.07, 6.45) is 8.68. The van der Waals surface area contributed by atoms with Crippen molar-refractivity contribution in [2.75, 3.05) is 12.0 Å². The topological polar surface area (TPSA) is 84.7 Å². The van der Waals surface area contributed by atoms with E-state index in [4.69, 9.17) is 4.74 Å². The van der Waals surface area contributed by atoms with Crippen LogP contribution in [0.4, 0.5) is 5.69 Å². The Labute approximate surface area is 204 Å². The molecule has 1 atom stereocenters. The number of carbonyl (C=O) groups excluding carboxylic acids is 2. The molecule has 5 rings (SSSR count). The molecule has 0 spiro atoms. The third-order valence-electron chi connectivity index (χ3n) is 7.17. The van der Waals surface area contributed by atoms with Crippen LogP contribution in [0.15, 0.2) is 66.5 Å². The zero-order chi connectivity index (χ0) is 24.5. The lowest BCUT2D eigenvalue weighted by atomic mass is 9.80. The maximum atomic E-state index is 13.4. The number of ketones is 1. The van der Waals surface area contributed by atoms with Crippen LogP contribution in [0.5, 0.6) is 5.75 Å². The molecule has 2 fully saturated rings. The number of hydrogen-bond donors (Lipinski definition) is 1. The Morgan fingerprint density at radius 2 is 1.69 bits per heavy atom. The number of amides is 1. The molecule has 1 N–H and O–H groups in total. The quantitative estimate of drug-likeness (QED) is 0.324. The van der Waals surface area contributed by atoms with Crippen molar-refractivity contribution in [3.05, 3.63) is 72.1 Å². The summed E-state index contributed by atoms with van der Waals surface area (Å²) < 4.78 is 7.14. The minimum Gasteiger partial charge on any atom is -0.507 e. The molecule has 7 nitrogen and oxygen atoms in total. The summed E-state index contributed by atoms with van der Waals surface area (Å²) in [5, 5.41) is 11.3. The SMILES string of the molecule is COc1ccc(/C(O)=C2/C(=O)C(=O)N(c3ccc(-c4nccn4C)cc3)C2C2CCCCC2)cc1. The Kier molecular flexibility index (Phi) is 6.16. The van der Waals surface area contributed by atoms with Crippen LogP contribution in [0.1, 0.15) is 37.7 Å². The summed E-state index contributed by atoms with van der Waals surface area (Å²) in [7, 11) is 3.50. The molecule has 1 amide bonds. The Hall–Kier alpha value is -3.87. The minimum absolute atomic E-state index is 0.101. The van der Waals surface area contributed by atoms with E-state index in [-0.39, 0.29) is 17.3 Å². The Morgan fingerprint density at radius 1 is 1.00 bits per heavy atom. The summed E-state index contributed by atoms with van der Waals surface area (Å²) in [5.74, 6) is 0.209. The number of aliphatic hydroxyl groups excluding tert-OH is 1. The van der Waals surface area contributed by atoms with Crippen molar-refractivity contribution >= 4 is 23.1 Å². The number of hydrogen-bond acceptors (Lipinski definition) is 5. The summed E-state index contributed by atoms with van der Waals surface area (Å²) in [6.45, 7) is 0. The van der Waals surface area contributed by atoms with Crippen molar-refractivity contribution in [3.8, 4) is 17.1 Å². The second kappa shape index (κ2) is 9.41. The zero-order valence-corrected chi connectivity index (χ0v) is 20.0. The lowest BCUT2D eigenvalue weighted by molar-refractivity contribution is -0.132. The molecule has 1 aliphatic carbocycles. The van der Waals surface area contributed by atoms with Crippen molar-refractivity contribution in [1.82, 2.24) is 9.55 Å². The first kappa shape index (κ1) is 22.9. The van der Waals surface area contributed by atoms with Gasteiger partial charge >= 0.3 is 0 Å². The van der Waals surface area contributed by atoms with Crippen LogP contribution in [0.2, 0.25) is 0 Å². The van der Waals surface area contributed by atoms with Crippen LogP contribution in [0, 0.1) is 5.92 Å². The average molecular weight is 472 g/mol. The van der Waals surface area contributed by atoms with Crippen LogP contribution in [-0.2, 0) is 16.6 Å². The van der Waals surface area contributed by atoms with Gasteiger partial charge in [0.25, 0.3) is 11.7 Å². The predicted octanol–water partition coefficient (Wildman–Crippen LogP) is 4.93. The van der Waals surface area contributed by atoms with Gasteiger partial charge in [-0.1, -0.05) is 19.3 Å². The van der Waals surface area contributed by atoms with Crippen LogP contribution >= 0.6 is 0 Å². The maximum absolute atomic E-state index is 13.4. The van der Waals surface area contributed by atoms with E-state index in [0.29, 0.717) is 17.0 Å². The molecule has 1 saturated carbocycles. The molecule has 1 aromatic heterocycles. The molecule has 2 aliphatic rings. The number of ether oxygens (including phenoxy) is 1. The molecule has 1 unspecified atom stereocenters. The zero-order valence-electron chi connectivity index (χ0n) is 20.0. The molecular weight excluding hydrogens is 442 g/mol. The van der Waals surface area contributed by atoms with Gasteiger partial charge in [-0.3, -0.25) is 14.5 Å². The number of aryl methyl sites for hydroxylation is 1. The van der Waals surface area contributed by atoms with Crippen LogP contribution in [-0.4, -0.2) is 39.5 Å². The third-order valence-corrected chi connectivity index (χ3v) is 7.17. The highest BCUT2D eigenvalue weighted by Crippen LogP contribution is 2.41. The molecule has 1 aliphatic heterocycles. The van der Waals surface area contributed by atoms with Gasteiger partial charge in [-0.2, -0.15) is 0 Å². The third kappa shape index (κ3) is 4.11. The minimum atomic E-state index is -0.637. The van der Waals surface area contributed by atoms with E-state index in [2.05, 4.69) is 4.98 Å². The van der Waals surface area contributed by atoms with Crippen molar-refractivity contribution < 1.29 is 19.4 Å². The Morgan fingerprint density at radius 3 is 2.29 bits per heavy atom. The van der Waals surface area contributed by atoms with E-state index >= 15 is 0 Å². The van der Waals surface area contributed by atoms with Gasteiger partial charge < -0.3 is 14.4 Å². The van der Waals surface area contributed by atoms with Gasteiger partial charge in [-0.15, -0.1) is 0 Å². The summed E-state index contributed by atoms with van der Waals surface area (Å²) >= 11 is 0. The van der Waals surface area contributed by atoms with Gasteiger partial charge in [0.15, 0.2) is 0 Å². The molecule has 7 heteroatoms. The smallest absolute Gasteiger partial charge is 0.299 e. The van der Waals surface area contributed by atoms with Crippen molar-refractivity contribution in [2.24, 2.45) is 13.0 Å². The fraction of sp³-hybridized carbons (Fsp3) is 0.321. The van der Waals surface area contributed by atoms with Crippen LogP contribution in [0.25, 0.3) is 17.1 Å². The lowest BCUT2D eigenvalue weighted by Crippen LogP contribution is -2.40. The van der Waals surface area contributed by atoms with E-state index in [1.54, 1.807) is 42.5 Å². The number of Topliss-reactive ketones (excluding diaryl/α,β-unsaturated/α-hetero) is 1. The van der Waals surface area contributed by atoms with Gasteiger partial charge in [0.05, 0.1) is 18.7 Å². The van der Waals surface area contributed by atoms with Crippen LogP contribution in [0.3, 0.4) is 0 Å². The lowest BCUT2D eigenvalue weighted by Gasteiger charge is -2.34. The molecule has 180 valence electrons. The largest absolute Gasteiger partial charge is 0.507 e. The Balaban J connectivity index is 1.58. The first-order valence-corrected chi connectivity index (χ1v) is 12.0. The van der Waals surface area contributed by atoms with E-state index in [0.717, 1.165) is 43.5 Å². The van der Waals surface area contributed by atoms with E-state index in [9.17, 15) is 14.7 Å². The number of anilines is 1. The number of aliphatic hydroxyl groups is 1. The first-order valence-electron chi connectivity index (χ1n) is 12.0. The van der Waals surface area contributed by atoms with Gasteiger partial charge in [-0.05, 0) is 67.3 Å². The molecule has 0 bridgehead atoms. The molecule has 2 heterocycles. The molecule has 0 radical (unpaired) electrons. The molecule has 1 saturated heterocycles. The summed E-state index contributed by atoms with van der Waals surface area (Å²) in [5.41, 5.74) is 2.26. The second-order valence-corrected chi connectivity index (χ2v) is 9.25. The number of carbonyl (C=O) groups is 2. The van der Waals surface area contributed by atoms with Crippen LogP contribution < -0.4 is 9.64 Å². The van der Waals surface area contributed by atoms with Gasteiger partial charge in [-0.25, -0.2) is 4.98 Å². The van der Waals surface area contributed by atoms with E-state index in [1.165, 1.54) is 0 Å². The monoisotopic (exact) mass is 471 g/mol. The van der Waals surface area contributed by atoms with Crippen molar-refractivity contribution in [2.45, 2.75) is 38.1 Å². The predicted molar refractivity (Wildman–Crippen MR) is 134 cm³/mol. The average Bonchev–Trinajstić information content (AvgIpc) is 3.44. The number of methoxy groups -OCH3 is 1. The standard InChI is InChI=1S/C28H29N3O4/c1-30-17-16-29-27(30)20-8-12-21(13-9-20)31-24(18-6-4-3-5-7-18)23(26(33)28(31)34)25(32)19-10-14-22(35-2)15-11-19/h8-18,24,32H,3-7H2,1-2H3/b25-23-. The Bertz CT molecular complexity index is 1270. The molecule has 3 aromatic rings. The second-order valence-electron chi connectivity index (χ2n) is 9.25. The number of nitrogens with zero attached hydrogens (tertiary/aromatic N) is 3. The van der Waals surface area contributed by atoms with Gasteiger partial charge in [0.1, 0.15) is 17.3 Å². The van der Waals surface area contributed by atoms with Gasteiger partial charge in [0, 0.05) is 36.3 Å². The number of imidazole rings is 1. The number of aromatic nitrogens is 2. The molecule has 35 heavy (non-hydrogen) atoms. The number of rotatable bonds is 5. The summed E-state index contributed by atoms with van der Waals surface area (Å²) in [4.78, 5) is 32.7. The van der Waals surface area contributed by atoms with Crippen molar-refractivity contribution in [3.63, 3.8) is 0 Å². The van der Waals surface area contributed by atoms with Crippen molar-refractivity contribution in [1.29, 1.82) is 0 Å². The number of benzene rings is 2. The molecule has 2 aromatic carbocycles. The van der Waals surface area contributed by atoms with Gasteiger partial charge in [0.2, 0.25) is 0 Å². The van der Waals surface area contributed by atoms with E-state index < -0.39 is 17.7 Å². The fourth-order valence-corrected chi connectivity index (χ4v) is 5.36. The highest BCUT2D eigenvalue weighted by Gasteiger charge is 2.49. The highest BCUT2D eigenvalue weighted by molar-refractivity contribution is 6.51. The first-order chi connectivity index (χ1) is 17.0. The summed E-state index contributed by atoms with van der Waals surface area (Å²) in [6, 6.07) is 13.9. The maximum Gasteiger partial charge on any atom is 0.299 e. The molecular formula is C28H29N3O4. The highest BCUT2D eigenvalue weighted by atomic mass is 16.5.